The lowest BCUT2D eigenvalue weighted by atomic mass is 10.2. The van der Waals surface area contributed by atoms with Gasteiger partial charge in [0.05, 0.1) is 11.9 Å². The molecule has 0 aliphatic heterocycles. The number of benzene rings is 2. The topological polar surface area (TPSA) is 98.1 Å². The molecule has 2 N–H and O–H groups in total. The van der Waals surface area contributed by atoms with Crippen LogP contribution in [0.1, 0.15) is 26.7 Å². The van der Waals surface area contributed by atoms with Crippen LogP contribution in [0.3, 0.4) is 0 Å². The van der Waals surface area contributed by atoms with Crippen LogP contribution in [-0.2, 0) is 4.79 Å². The molecule has 1 aliphatic rings. The summed E-state index contributed by atoms with van der Waals surface area (Å²) in [5.41, 5.74) is 1.59. The number of hydrogen-bond acceptors (Lipinski definition) is 6. The lowest BCUT2D eigenvalue weighted by Crippen LogP contribution is -2.43. The quantitative estimate of drug-likeness (QED) is 0.457. The molecule has 0 saturated heterocycles. The van der Waals surface area contributed by atoms with E-state index in [-0.39, 0.29) is 6.04 Å². The van der Waals surface area contributed by atoms with Gasteiger partial charge >= 0.3 is 6.03 Å². The van der Waals surface area contributed by atoms with E-state index in [4.69, 9.17) is 16.3 Å². The lowest BCUT2D eigenvalue weighted by molar-refractivity contribution is -0.119. The van der Waals surface area contributed by atoms with Crippen molar-refractivity contribution in [1.82, 2.24) is 25.4 Å². The average Bonchev–Trinajstić information content (AvgIpc) is 3.51. The molecule has 1 atom stereocenters. The summed E-state index contributed by atoms with van der Waals surface area (Å²) in [7, 11) is 0. The molecule has 172 valence electrons. The van der Waals surface area contributed by atoms with Crippen LogP contribution in [0.15, 0.2) is 53.7 Å². The van der Waals surface area contributed by atoms with Gasteiger partial charge in [0.1, 0.15) is 5.75 Å². The lowest BCUT2D eigenvalue weighted by Gasteiger charge is -2.14. The summed E-state index contributed by atoms with van der Waals surface area (Å²) in [6.45, 7) is 4.22. The minimum atomic E-state index is -0.576. The van der Waals surface area contributed by atoms with E-state index in [1.54, 1.807) is 13.0 Å². The second-order valence-electron chi connectivity index (χ2n) is 7.58. The molecule has 3 aromatic rings. The third-order valence-electron chi connectivity index (χ3n) is 4.92. The van der Waals surface area contributed by atoms with Gasteiger partial charge < -0.3 is 10.1 Å². The molecule has 0 radical (unpaired) electrons. The zero-order valence-electron chi connectivity index (χ0n) is 18.2. The van der Waals surface area contributed by atoms with Gasteiger partial charge in [-0.2, -0.15) is 0 Å². The highest BCUT2D eigenvalue weighted by atomic mass is 35.5. The van der Waals surface area contributed by atoms with Gasteiger partial charge in [0.25, 0.3) is 0 Å². The molecule has 10 heteroatoms. The third kappa shape index (κ3) is 5.85. The maximum Gasteiger partial charge on any atom is 0.321 e. The minimum absolute atomic E-state index is 0.170. The zero-order valence-corrected chi connectivity index (χ0v) is 19.8. The number of imide groups is 1. The molecule has 1 aliphatic carbocycles. The highest BCUT2D eigenvalue weighted by Gasteiger charge is 2.26. The molecule has 4 rings (SSSR count). The summed E-state index contributed by atoms with van der Waals surface area (Å²) in [5.74, 6) is 0.939. The maximum absolute atomic E-state index is 12.6. The molecule has 2 aromatic carbocycles. The molecule has 1 aromatic heterocycles. The first-order valence-corrected chi connectivity index (χ1v) is 11.9. The number of halogens is 1. The second-order valence-corrected chi connectivity index (χ2v) is 9.32. The monoisotopic (exact) mass is 485 g/mol. The Morgan fingerprint density at radius 2 is 1.97 bits per heavy atom. The Morgan fingerprint density at radius 1 is 1.21 bits per heavy atom. The molecule has 1 saturated carbocycles. The fraction of sp³-hybridized carbons (Fsp3) is 0.304. The SMILES string of the molecule is CCOc1ccc(-n2c(SC(C)C(=O)NC(=O)NC3CC3)nnc2-c2cccc(Cl)c2)cc1. The Kier molecular flexibility index (Phi) is 7.20. The van der Waals surface area contributed by atoms with Crippen LogP contribution in [0.25, 0.3) is 17.1 Å². The number of nitrogens with zero attached hydrogens (tertiary/aromatic N) is 3. The van der Waals surface area contributed by atoms with Crippen LogP contribution in [0.2, 0.25) is 5.02 Å². The third-order valence-corrected chi connectivity index (χ3v) is 6.20. The van der Waals surface area contributed by atoms with Gasteiger partial charge in [-0.05, 0) is 63.1 Å². The number of ether oxygens (including phenoxy) is 1. The van der Waals surface area contributed by atoms with Crippen LogP contribution in [0, 0.1) is 0 Å². The fourth-order valence-electron chi connectivity index (χ4n) is 3.13. The highest BCUT2D eigenvalue weighted by Crippen LogP contribution is 2.31. The molecule has 1 fully saturated rings. The predicted molar refractivity (Wildman–Crippen MR) is 128 cm³/mol. The maximum atomic E-state index is 12.6. The average molecular weight is 486 g/mol. The molecular weight excluding hydrogens is 462 g/mol. The van der Waals surface area contributed by atoms with E-state index in [1.807, 2.05) is 54.0 Å². The van der Waals surface area contributed by atoms with E-state index in [0.717, 1.165) is 29.8 Å². The fourth-order valence-corrected chi connectivity index (χ4v) is 4.18. The molecular formula is C23H24ClN5O3S. The normalized spacial score (nSPS) is 13.9. The van der Waals surface area contributed by atoms with Crippen molar-refractivity contribution in [2.24, 2.45) is 0 Å². The van der Waals surface area contributed by atoms with Crippen molar-refractivity contribution in [2.45, 2.75) is 43.1 Å². The van der Waals surface area contributed by atoms with E-state index in [2.05, 4.69) is 20.8 Å². The first-order valence-electron chi connectivity index (χ1n) is 10.7. The number of nitrogens with one attached hydrogen (secondary N) is 2. The second kappa shape index (κ2) is 10.3. The number of thioether (sulfide) groups is 1. The van der Waals surface area contributed by atoms with Crippen molar-refractivity contribution in [1.29, 1.82) is 0 Å². The van der Waals surface area contributed by atoms with Gasteiger partial charge in [0.2, 0.25) is 5.91 Å². The molecule has 0 bridgehead atoms. The van der Waals surface area contributed by atoms with Crippen LogP contribution >= 0.6 is 23.4 Å². The van der Waals surface area contributed by atoms with Gasteiger partial charge in [0.15, 0.2) is 11.0 Å². The summed E-state index contributed by atoms with van der Waals surface area (Å²) in [4.78, 5) is 24.5. The van der Waals surface area contributed by atoms with Crippen LogP contribution in [0.5, 0.6) is 5.75 Å². The van der Waals surface area contributed by atoms with E-state index in [0.29, 0.717) is 22.6 Å². The number of urea groups is 1. The van der Waals surface area contributed by atoms with Crippen molar-refractivity contribution in [2.75, 3.05) is 6.61 Å². The summed E-state index contributed by atoms with van der Waals surface area (Å²) >= 11 is 7.42. The van der Waals surface area contributed by atoms with Crippen molar-refractivity contribution in [3.05, 3.63) is 53.6 Å². The van der Waals surface area contributed by atoms with Gasteiger partial charge in [-0.3, -0.25) is 14.7 Å². The van der Waals surface area contributed by atoms with Gasteiger partial charge in [-0.1, -0.05) is 35.5 Å². The molecule has 33 heavy (non-hydrogen) atoms. The van der Waals surface area contributed by atoms with E-state index >= 15 is 0 Å². The van der Waals surface area contributed by atoms with Crippen molar-refractivity contribution >= 4 is 35.3 Å². The van der Waals surface area contributed by atoms with E-state index in [1.165, 1.54) is 11.8 Å². The number of hydrogen-bond donors (Lipinski definition) is 2. The largest absolute Gasteiger partial charge is 0.494 e. The van der Waals surface area contributed by atoms with Gasteiger partial charge in [-0.15, -0.1) is 10.2 Å². The van der Waals surface area contributed by atoms with Crippen LogP contribution < -0.4 is 15.4 Å². The Labute approximate surface area is 201 Å². The van der Waals surface area contributed by atoms with Crippen LogP contribution in [-0.4, -0.2) is 44.6 Å². The molecule has 0 spiro atoms. The number of aromatic nitrogens is 3. The van der Waals surface area contributed by atoms with E-state index in [9.17, 15) is 9.59 Å². The standard InChI is InChI=1S/C23H24ClN5O3S/c1-3-32-19-11-9-18(10-12-19)29-20(15-5-4-6-16(24)13-15)27-28-23(29)33-14(2)21(30)26-22(31)25-17-7-8-17/h4-6,9-14,17H,3,7-8H2,1-2H3,(H2,25,26,30,31). The first-order chi connectivity index (χ1) is 15.9. The summed E-state index contributed by atoms with van der Waals surface area (Å²) in [6.07, 6.45) is 1.90. The van der Waals surface area contributed by atoms with Crippen molar-refractivity contribution in [3.8, 4) is 22.8 Å². The summed E-state index contributed by atoms with van der Waals surface area (Å²) in [5, 5.41) is 14.4. The number of rotatable bonds is 8. The van der Waals surface area contributed by atoms with Gasteiger partial charge in [0, 0.05) is 22.3 Å². The Bertz CT molecular complexity index is 1150. The number of carbonyl (C=O) groups excluding carboxylic acids is 2. The first kappa shape index (κ1) is 23.1. The Morgan fingerprint density at radius 3 is 2.64 bits per heavy atom. The zero-order chi connectivity index (χ0) is 23.4. The van der Waals surface area contributed by atoms with Crippen molar-refractivity contribution < 1.29 is 14.3 Å². The molecule has 3 amide bonds. The minimum Gasteiger partial charge on any atom is -0.494 e. The number of carbonyl (C=O) groups is 2. The number of amides is 3. The highest BCUT2D eigenvalue weighted by molar-refractivity contribution is 8.00. The summed E-state index contributed by atoms with van der Waals surface area (Å²) in [6, 6.07) is 14.6. The van der Waals surface area contributed by atoms with E-state index < -0.39 is 17.2 Å². The Balaban J connectivity index is 1.61. The molecule has 1 unspecified atom stereocenters. The van der Waals surface area contributed by atoms with Crippen molar-refractivity contribution in [3.63, 3.8) is 0 Å². The summed E-state index contributed by atoms with van der Waals surface area (Å²) < 4.78 is 7.41. The van der Waals surface area contributed by atoms with Crippen LogP contribution in [0.4, 0.5) is 4.79 Å². The van der Waals surface area contributed by atoms with Gasteiger partial charge in [-0.25, -0.2) is 4.79 Å². The Hall–Kier alpha value is -3.04. The predicted octanol–water partition coefficient (Wildman–Crippen LogP) is 4.46. The molecule has 1 heterocycles. The molecule has 8 nitrogen and oxygen atoms in total. The smallest absolute Gasteiger partial charge is 0.321 e.